The zero-order valence-corrected chi connectivity index (χ0v) is 31.5. The molecule has 286 valence electrons. The monoisotopic (exact) mass is 723 g/mol. The first-order valence-corrected chi connectivity index (χ1v) is 19.2. The molecule has 7 unspecified atom stereocenters. The third-order valence-corrected chi connectivity index (χ3v) is 11.3. The second-order valence-corrected chi connectivity index (χ2v) is 16.6. The molecule has 7 atom stereocenters. The first-order chi connectivity index (χ1) is 24.7. The van der Waals surface area contributed by atoms with Gasteiger partial charge in [-0.2, -0.15) is 5.48 Å². The highest BCUT2D eigenvalue weighted by Crippen LogP contribution is 2.42. The molecule has 3 aliphatic carbocycles. The summed E-state index contributed by atoms with van der Waals surface area (Å²) < 4.78 is 0. The maximum atomic E-state index is 14.9. The molecule has 0 aromatic carbocycles. The van der Waals surface area contributed by atoms with Crippen molar-refractivity contribution in [2.45, 2.75) is 142 Å². The van der Waals surface area contributed by atoms with E-state index in [0.29, 0.717) is 19.3 Å². The second-order valence-electron chi connectivity index (χ2n) is 16.6. The van der Waals surface area contributed by atoms with E-state index >= 15 is 0 Å². The van der Waals surface area contributed by atoms with Gasteiger partial charge in [0.1, 0.15) is 23.8 Å². The van der Waals surface area contributed by atoms with E-state index in [1.165, 1.54) is 18.6 Å². The predicted molar refractivity (Wildman–Crippen MR) is 191 cm³/mol. The van der Waals surface area contributed by atoms with Crippen molar-refractivity contribution >= 4 is 35.2 Å². The van der Waals surface area contributed by atoms with E-state index in [-0.39, 0.29) is 42.0 Å². The minimum Gasteiger partial charge on any atom is -0.342 e. The number of likely N-dealkylation sites (tertiary alicyclic amines) is 1. The van der Waals surface area contributed by atoms with Crippen LogP contribution >= 0.6 is 0 Å². The van der Waals surface area contributed by atoms with Gasteiger partial charge in [0.2, 0.25) is 29.3 Å². The highest BCUT2D eigenvalue weighted by Gasteiger charge is 2.64. The molecule has 0 radical (unpaired) electrons. The number of ketones is 2. The minimum absolute atomic E-state index is 0.0628. The molecule has 2 heterocycles. The number of carbonyl (C=O) groups excluding carboxylic acids is 6. The van der Waals surface area contributed by atoms with Crippen molar-refractivity contribution < 1.29 is 33.6 Å². The third kappa shape index (κ3) is 8.22. The zero-order chi connectivity index (χ0) is 37.8. The molecule has 14 nitrogen and oxygen atoms in total. The number of fused-ring (bicyclic) bond motifs is 1. The Morgan fingerprint density at radius 3 is 2.31 bits per heavy atom. The van der Waals surface area contributed by atoms with E-state index in [1.54, 1.807) is 11.8 Å². The molecule has 3 saturated carbocycles. The largest absolute Gasteiger partial charge is 0.342 e. The van der Waals surface area contributed by atoms with Gasteiger partial charge in [-0.3, -0.25) is 38.6 Å². The first-order valence-electron chi connectivity index (χ1n) is 19.2. The molecule has 0 spiro atoms. The molecule has 5 rings (SSSR count). The molecule has 1 aromatic heterocycles. The second kappa shape index (κ2) is 16.5. The zero-order valence-electron chi connectivity index (χ0n) is 31.5. The normalized spacial score (nSPS) is 27.7. The van der Waals surface area contributed by atoms with Gasteiger partial charge in [0.15, 0.2) is 5.66 Å². The van der Waals surface area contributed by atoms with Gasteiger partial charge in [-0.05, 0) is 61.7 Å². The maximum Gasteiger partial charge on any atom is 0.272 e. The lowest BCUT2D eigenvalue weighted by molar-refractivity contribution is -0.174. The molecular weight excluding hydrogens is 666 g/mol. The number of hydroxylamine groups is 1. The average molecular weight is 724 g/mol. The molecule has 52 heavy (non-hydrogen) atoms. The summed E-state index contributed by atoms with van der Waals surface area (Å²) in [5, 5.41) is 8.79. The number of hydrogen-bond donors (Lipinski definition) is 4. The minimum atomic E-state index is -1.73. The van der Waals surface area contributed by atoms with Gasteiger partial charge in [-0.15, -0.1) is 0 Å². The molecule has 4 amide bonds. The fourth-order valence-electron chi connectivity index (χ4n) is 8.55. The number of hydrogen-bond acceptors (Lipinski definition) is 10. The van der Waals surface area contributed by atoms with Crippen molar-refractivity contribution in [2.24, 2.45) is 29.1 Å². The van der Waals surface area contributed by atoms with Gasteiger partial charge >= 0.3 is 0 Å². The number of Topliss-reactive ketones (excluding diaryl/α,β-unsaturated/α-hetero) is 2. The van der Waals surface area contributed by atoms with Crippen LogP contribution in [0.2, 0.25) is 0 Å². The Morgan fingerprint density at radius 2 is 1.67 bits per heavy atom. The van der Waals surface area contributed by atoms with Crippen LogP contribution in [0.5, 0.6) is 0 Å². The van der Waals surface area contributed by atoms with Crippen LogP contribution in [0.15, 0.2) is 18.6 Å². The lowest BCUT2D eigenvalue weighted by Crippen LogP contribution is -2.80. The number of amides is 4. The molecule has 1 aromatic rings. The van der Waals surface area contributed by atoms with Crippen LogP contribution in [0.25, 0.3) is 0 Å². The molecule has 1 aliphatic heterocycles. The molecule has 14 heteroatoms. The topological polar surface area (TPSA) is 189 Å². The summed E-state index contributed by atoms with van der Waals surface area (Å²) in [5.74, 6) is -4.04. The van der Waals surface area contributed by atoms with Gasteiger partial charge in [-0.1, -0.05) is 73.6 Å². The van der Waals surface area contributed by atoms with Crippen molar-refractivity contribution in [1.29, 1.82) is 0 Å². The Kier molecular flexibility index (Phi) is 12.5. The number of carbonyl (C=O) groups is 6. The van der Waals surface area contributed by atoms with Crippen LogP contribution in [0.1, 0.15) is 123 Å². The summed E-state index contributed by atoms with van der Waals surface area (Å²) in [7, 11) is 0. The Morgan fingerprint density at radius 1 is 0.981 bits per heavy atom. The first kappa shape index (κ1) is 39.4. The van der Waals surface area contributed by atoms with E-state index in [9.17, 15) is 28.8 Å². The summed E-state index contributed by atoms with van der Waals surface area (Å²) in [6.07, 6.45) is 12.8. The summed E-state index contributed by atoms with van der Waals surface area (Å²) in [4.78, 5) is 98.1. The number of aromatic nitrogens is 2. The van der Waals surface area contributed by atoms with Crippen molar-refractivity contribution in [2.75, 3.05) is 6.61 Å². The number of rotatable bonds is 13. The van der Waals surface area contributed by atoms with Crippen LogP contribution in [-0.4, -0.2) is 86.5 Å². The van der Waals surface area contributed by atoms with E-state index < -0.39 is 64.4 Å². The molecule has 4 N–H and O–H groups in total. The van der Waals surface area contributed by atoms with E-state index in [2.05, 4.69) is 31.4 Å². The van der Waals surface area contributed by atoms with Crippen LogP contribution in [0.4, 0.5) is 0 Å². The summed E-state index contributed by atoms with van der Waals surface area (Å²) in [5.41, 5.74) is 0.331. The molecular formula is C38H57N7O7. The van der Waals surface area contributed by atoms with Gasteiger partial charge in [0.25, 0.3) is 5.91 Å². The molecule has 4 aliphatic rings. The SMILES string of the molecule is CCC1C(=O)C(=O)C1(NOCC(C)C)NC(=O)C1CC2CCCCC2N1C(=O)C(NC(=O)C(NC(=O)c1cnccn1)C1CCCCC1)C(C)(C)C. The fourth-order valence-corrected chi connectivity index (χ4v) is 8.55. The van der Waals surface area contributed by atoms with E-state index in [4.69, 9.17) is 4.84 Å². The average Bonchev–Trinajstić information content (AvgIpc) is 3.52. The Bertz CT molecular complexity index is 1490. The fraction of sp³-hybridized carbons (Fsp3) is 0.737. The number of nitrogens with zero attached hydrogens (tertiary/aromatic N) is 3. The summed E-state index contributed by atoms with van der Waals surface area (Å²) in [6, 6.07) is -3.10. The van der Waals surface area contributed by atoms with Gasteiger partial charge < -0.3 is 20.9 Å². The highest BCUT2D eigenvalue weighted by molar-refractivity contribution is 6.49. The van der Waals surface area contributed by atoms with Crippen molar-refractivity contribution in [3.63, 3.8) is 0 Å². The Hall–Kier alpha value is -3.78. The quantitative estimate of drug-likeness (QED) is 0.134. The van der Waals surface area contributed by atoms with Crippen molar-refractivity contribution in [3.05, 3.63) is 24.3 Å². The van der Waals surface area contributed by atoms with Gasteiger partial charge in [-0.25, -0.2) is 4.98 Å². The molecule has 4 fully saturated rings. The van der Waals surface area contributed by atoms with Crippen LogP contribution in [-0.2, 0) is 28.8 Å². The van der Waals surface area contributed by atoms with Crippen molar-refractivity contribution in [3.8, 4) is 0 Å². The lowest BCUT2D eigenvalue weighted by Gasteiger charge is -2.47. The summed E-state index contributed by atoms with van der Waals surface area (Å²) >= 11 is 0. The van der Waals surface area contributed by atoms with Crippen LogP contribution < -0.4 is 21.4 Å². The number of nitrogens with one attached hydrogen (secondary N) is 4. The third-order valence-electron chi connectivity index (χ3n) is 11.3. The van der Waals surface area contributed by atoms with E-state index in [1.807, 2.05) is 34.6 Å². The van der Waals surface area contributed by atoms with Crippen molar-refractivity contribution in [1.82, 2.24) is 36.3 Å². The van der Waals surface area contributed by atoms with E-state index in [0.717, 1.165) is 51.4 Å². The summed E-state index contributed by atoms with van der Waals surface area (Å²) in [6.45, 7) is 11.5. The Balaban J connectivity index is 1.42. The molecule has 1 saturated heterocycles. The molecule has 0 bridgehead atoms. The smallest absolute Gasteiger partial charge is 0.272 e. The Labute approximate surface area is 306 Å². The highest BCUT2D eigenvalue weighted by atomic mass is 16.6. The predicted octanol–water partition coefficient (Wildman–Crippen LogP) is 3.01. The van der Waals surface area contributed by atoms with Crippen LogP contribution in [0.3, 0.4) is 0 Å². The van der Waals surface area contributed by atoms with Gasteiger partial charge in [0.05, 0.1) is 18.7 Å². The lowest BCUT2D eigenvalue weighted by atomic mass is 9.69. The maximum absolute atomic E-state index is 14.9. The van der Waals surface area contributed by atoms with Gasteiger partial charge in [0, 0.05) is 18.4 Å². The van der Waals surface area contributed by atoms with Crippen LogP contribution in [0, 0.1) is 29.1 Å². The standard InChI is InChI=1S/C38H57N7O7/c1-7-25-30(46)32(47)38(25,44-52-21-22(2)3)43-34(49)28-19-24-15-11-12-16-27(24)45(28)36(51)31(37(4,5)6)42-35(50)29(23-13-9-8-10-14-23)41-33(48)26-20-39-17-18-40-26/h17-18,20,22-25,27-29,31,44H,7-16,19,21H2,1-6H3,(H,41,48)(H,42,50)(H,43,49).